The van der Waals surface area contributed by atoms with Crippen LogP contribution in [0.25, 0.3) is 0 Å². The molecule has 0 spiro atoms. The van der Waals surface area contributed by atoms with Crippen molar-refractivity contribution >= 4 is 11.4 Å². The highest BCUT2D eigenvalue weighted by atomic mass is 16.5. The zero-order valence-electron chi connectivity index (χ0n) is 7.42. The topological polar surface area (TPSA) is 61.3 Å². The molecule has 0 aliphatic heterocycles. The Bertz CT molecular complexity index is 284. The molecular formula is C9H14N2O. The predicted octanol–water partition coefficient (Wildman–Crippen LogP) is 1.56. The Balaban J connectivity index is 3.05. The summed E-state index contributed by atoms with van der Waals surface area (Å²) in [6, 6.07) is 3.58. The Kier molecular flexibility index (Phi) is 2.43. The van der Waals surface area contributed by atoms with Gasteiger partial charge in [0.1, 0.15) is 5.75 Å². The Morgan fingerprint density at radius 2 is 1.92 bits per heavy atom. The largest absolute Gasteiger partial charge is 0.492 e. The maximum Gasteiger partial charge on any atom is 0.142 e. The van der Waals surface area contributed by atoms with E-state index in [1.54, 1.807) is 6.07 Å². The zero-order chi connectivity index (χ0) is 9.14. The van der Waals surface area contributed by atoms with Crippen molar-refractivity contribution in [2.24, 2.45) is 0 Å². The molecule has 4 N–H and O–H groups in total. The number of ether oxygens (including phenoxy) is 1. The molecule has 0 radical (unpaired) electrons. The summed E-state index contributed by atoms with van der Waals surface area (Å²) in [4.78, 5) is 0. The van der Waals surface area contributed by atoms with Crippen molar-refractivity contribution in [1.29, 1.82) is 0 Å². The molecule has 0 aliphatic rings. The van der Waals surface area contributed by atoms with Gasteiger partial charge in [0, 0.05) is 5.69 Å². The van der Waals surface area contributed by atoms with Crippen LogP contribution in [0.15, 0.2) is 12.1 Å². The lowest BCUT2D eigenvalue weighted by Gasteiger charge is -2.09. The van der Waals surface area contributed by atoms with Crippen LogP contribution in [0.5, 0.6) is 5.75 Å². The molecule has 0 amide bonds. The van der Waals surface area contributed by atoms with E-state index < -0.39 is 0 Å². The van der Waals surface area contributed by atoms with Crippen molar-refractivity contribution in [1.82, 2.24) is 0 Å². The molecule has 1 rings (SSSR count). The maximum absolute atomic E-state index is 5.67. The molecule has 66 valence electrons. The molecular weight excluding hydrogens is 152 g/mol. The Hall–Kier alpha value is -1.38. The third-order valence-corrected chi connectivity index (χ3v) is 1.70. The van der Waals surface area contributed by atoms with Crippen molar-refractivity contribution in [3.8, 4) is 5.75 Å². The zero-order valence-corrected chi connectivity index (χ0v) is 7.42. The first kappa shape index (κ1) is 8.71. The van der Waals surface area contributed by atoms with E-state index in [1.165, 1.54) is 0 Å². The SMILES string of the molecule is CCOc1cc(C)c(N)cc1N. The van der Waals surface area contributed by atoms with Crippen LogP contribution in [0.4, 0.5) is 11.4 Å². The average Bonchev–Trinajstić information content (AvgIpc) is 2.01. The van der Waals surface area contributed by atoms with Gasteiger partial charge >= 0.3 is 0 Å². The average molecular weight is 166 g/mol. The quantitative estimate of drug-likeness (QED) is 0.655. The lowest BCUT2D eigenvalue weighted by atomic mass is 10.2. The normalized spacial score (nSPS) is 9.83. The molecule has 0 bridgehead atoms. The minimum Gasteiger partial charge on any atom is -0.492 e. The Labute approximate surface area is 72.3 Å². The molecule has 0 unspecified atom stereocenters. The second kappa shape index (κ2) is 3.34. The minimum absolute atomic E-state index is 0.597. The summed E-state index contributed by atoms with van der Waals surface area (Å²) in [6.45, 7) is 4.47. The van der Waals surface area contributed by atoms with Gasteiger partial charge in [-0.15, -0.1) is 0 Å². The van der Waals surface area contributed by atoms with Crippen molar-refractivity contribution in [2.45, 2.75) is 13.8 Å². The van der Waals surface area contributed by atoms with E-state index in [9.17, 15) is 0 Å². The number of nitrogen functional groups attached to an aromatic ring is 2. The standard InChI is InChI=1S/C9H14N2O/c1-3-12-9-4-6(2)7(10)5-8(9)11/h4-5H,3,10-11H2,1-2H3. The van der Waals surface area contributed by atoms with E-state index in [0.717, 1.165) is 5.56 Å². The van der Waals surface area contributed by atoms with Gasteiger partial charge < -0.3 is 16.2 Å². The molecule has 1 aromatic carbocycles. The highest BCUT2D eigenvalue weighted by molar-refractivity contribution is 5.64. The second-order valence-corrected chi connectivity index (χ2v) is 2.68. The van der Waals surface area contributed by atoms with Crippen LogP contribution in [0.1, 0.15) is 12.5 Å². The highest BCUT2D eigenvalue weighted by Gasteiger charge is 2.02. The molecule has 0 heterocycles. The highest BCUT2D eigenvalue weighted by Crippen LogP contribution is 2.26. The molecule has 3 nitrogen and oxygen atoms in total. The van der Waals surface area contributed by atoms with Crippen molar-refractivity contribution < 1.29 is 4.74 Å². The summed E-state index contributed by atoms with van der Waals surface area (Å²) in [5.74, 6) is 0.712. The third-order valence-electron chi connectivity index (χ3n) is 1.70. The van der Waals surface area contributed by atoms with Gasteiger partial charge in [0.25, 0.3) is 0 Å². The van der Waals surface area contributed by atoms with Gasteiger partial charge in [-0.2, -0.15) is 0 Å². The van der Waals surface area contributed by atoms with Crippen molar-refractivity contribution in [3.63, 3.8) is 0 Å². The Morgan fingerprint density at radius 1 is 1.25 bits per heavy atom. The molecule has 0 atom stereocenters. The van der Waals surface area contributed by atoms with Crippen molar-refractivity contribution in [3.05, 3.63) is 17.7 Å². The van der Waals surface area contributed by atoms with Gasteiger partial charge in [0.15, 0.2) is 0 Å². The van der Waals surface area contributed by atoms with Crippen molar-refractivity contribution in [2.75, 3.05) is 18.1 Å². The molecule has 1 aromatic rings. The van der Waals surface area contributed by atoms with Gasteiger partial charge in [0.2, 0.25) is 0 Å². The number of aryl methyl sites for hydroxylation is 1. The van der Waals surface area contributed by atoms with E-state index in [-0.39, 0.29) is 0 Å². The lowest BCUT2D eigenvalue weighted by molar-refractivity contribution is 0.342. The van der Waals surface area contributed by atoms with Crippen LogP contribution in [0.3, 0.4) is 0 Å². The van der Waals surface area contributed by atoms with E-state index in [1.807, 2.05) is 19.9 Å². The maximum atomic E-state index is 5.67. The number of hydrogen-bond acceptors (Lipinski definition) is 3. The van der Waals surface area contributed by atoms with E-state index in [2.05, 4.69) is 0 Å². The summed E-state index contributed by atoms with van der Waals surface area (Å²) in [6.07, 6.45) is 0. The van der Waals surface area contributed by atoms with Crippen LogP contribution in [-0.2, 0) is 0 Å². The van der Waals surface area contributed by atoms with E-state index in [0.29, 0.717) is 23.7 Å². The lowest BCUT2D eigenvalue weighted by Crippen LogP contribution is -1.99. The number of nitrogens with two attached hydrogens (primary N) is 2. The molecule has 3 heteroatoms. The fourth-order valence-electron chi connectivity index (χ4n) is 0.996. The predicted molar refractivity (Wildman–Crippen MR) is 51.2 cm³/mol. The first-order valence-corrected chi connectivity index (χ1v) is 3.93. The van der Waals surface area contributed by atoms with Crippen LogP contribution >= 0.6 is 0 Å². The summed E-state index contributed by atoms with van der Waals surface area (Å²) in [5.41, 5.74) is 13.6. The van der Waals surface area contributed by atoms with Gasteiger partial charge in [-0.05, 0) is 31.5 Å². The molecule has 0 saturated heterocycles. The minimum atomic E-state index is 0.597. The number of benzene rings is 1. The smallest absolute Gasteiger partial charge is 0.142 e. The first-order chi connectivity index (χ1) is 5.65. The van der Waals surface area contributed by atoms with Gasteiger partial charge in [-0.25, -0.2) is 0 Å². The third kappa shape index (κ3) is 1.61. The Morgan fingerprint density at radius 3 is 2.50 bits per heavy atom. The second-order valence-electron chi connectivity index (χ2n) is 2.68. The molecule has 0 saturated carbocycles. The number of hydrogen-bond donors (Lipinski definition) is 2. The van der Waals surface area contributed by atoms with Crippen LogP contribution in [-0.4, -0.2) is 6.61 Å². The molecule has 0 aromatic heterocycles. The van der Waals surface area contributed by atoms with Gasteiger partial charge in [-0.1, -0.05) is 0 Å². The number of anilines is 2. The summed E-state index contributed by atoms with van der Waals surface area (Å²) in [7, 11) is 0. The summed E-state index contributed by atoms with van der Waals surface area (Å²) < 4.78 is 5.29. The summed E-state index contributed by atoms with van der Waals surface area (Å²) in [5, 5.41) is 0. The van der Waals surface area contributed by atoms with E-state index >= 15 is 0 Å². The fourth-order valence-corrected chi connectivity index (χ4v) is 0.996. The molecule has 0 aliphatic carbocycles. The molecule has 0 fully saturated rings. The molecule has 12 heavy (non-hydrogen) atoms. The first-order valence-electron chi connectivity index (χ1n) is 3.93. The van der Waals surface area contributed by atoms with E-state index in [4.69, 9.17) is 16.2 Å². The van der Waals surface area contributed by atoms with Gasteiger partial charge in [0.05, 0.1) is 12.3 Å². The van der Waals surface area contributed by atoms with Crippen LogP contribution in [0, 0.1) is 6.92 Å². The van der Waals surface area contributed by atoms with Crippen LogP contribution in [0.2, 0.25) is 0 Å². The van der Waals surface area contributed by atoms with Gasteiger partial charge in [-0.3, -0.25) is 0 Å². The van der Waals surface area contributed by atoms with Crippen LogP contribution < -0.4 is 16.2 Å². The summed E-state index contributed by atoms with van der Waals surface area (Å²) >= 11 is 0. The number of rotatable bonds is 2. The fraction of sp³-hybridized carbons (Fsp3) is 0.333. The monoisotopic (exact) mass is 166 g/mol.